The molecule has 0 saturated carbocycles. The number of benzene rings is 1. The molecular weight excluding hydrogens is 290 g/mol. The molecule has 22 heavy (non-hydrogen) atoms. The summed E-state index contributed by atoms with van der Waals surface area (Å²) in [5.41, 5.74) is 13.3. The van der Waals surface area contributed by atoms with Crippen molar-refractivity contribution in [3.8, 4) is 11.3 Å². The molecule has 1 aromatic carbocycles. The van der Waals surface area contributed by atoms with Gasteiger partial charge in [0.25, 0.3) is 0 Å². The molecule has 0 aliphatic carbocycles. The molecule has 0 atom stereocenters. The smallest absolute Gasteiger partial charge is 0.194 e. The minimum absolute atomic E-state index is 0.479. The standard InChI is InChI=1S/C18H23N3S/c1-11(2)16-10-22-18-20-17(15(7-8-19)21(16)18)14-6-5-12(3)13(4)9-14/h5-6,9-11H,7-8,19H2,1-4H3. The normalized spacial score (nSPS) is 11.7. The zero-order valence-electron chi connectivity index (χ0n) is 13.7. The van der Waals surface area contributed by atoms with Gasteiger partial charge in [-0.2, -0.15) is 0 Å². The summed E-state index contributed by atoms with van der Waals surface area (Å²) >= 11 is 1.72. The van der Waals surface area contributed by atoms with E-state index < -0.39 is 0 Å². The first kappa shape index (κ1) is 15.3. The van der Waals surface area contributed by atoms with Crippen LogP contribution in [0.1, 0.15) is 42.3 Å². The van der Waals surface area contributed by atoms with Gasteiger partial charge in [-0.1, -0.05) is 26.0 Å². The van der Waals surface area contributed by atoms with Crippen molar-refractivity contribution in [1.29, 1.82) is 0 Å². The van der Waals surface area contributed by atoms with Crippen molar-refractivity contribution in [2.45, 2.75) is 40.0 Å². The maximum absolute atomic E-state index is 5.87. The lowest BCUT2D eigenvalue weighted by Gasteiger charge is -2.09. The van der Waals surface area contributed by atoms with Crippen LogP contribution < -0.4 is 5.73 Å². The molecule has 0 unspecified atom stereocenters. The maximum Gasteiger partial charge on any atom is 0.194 e. The van der Waals surface area contributed by atoms with Crippen LogP contribution in [-0.2, 0) is 6.42 Å². The monoisotopic (exact) mass is 313 g/mol. The van der Waals surface area contributed by atoms with Gasteiger partial charge in [0.1, 0.15) is 0 Å². The molecule has 2 N–H and O–H groups in total. The zero-order chi connectivity index (χ0) is 15.9. The van der Waals surface area contributed by atoms with Crippen molar-refractivity contribution in [2.24, 2.45) is 5.73 Å². The number of fused-ring (bicyclic) bond motifs is 1. The summed E-state index contributed by atoms with van der Waals surface area (Å²) in [6.07, 6.45) is 0.847. The molecule has 2 aromatic heterocycles. The lowest BCUT2D eigenvalue weighted by molar-refractivity contribution is 0.786. The molecule has 0 fully saturated rings. The largest absolute Gasteiger partial charge is 0.330 e. The highest BCUT2D eigenvalue weighted by molar-refractivity contribution is 7.15. The van der Waals surface area contributed by atoms with Crippen LogP contribution in [0, 0.1) is 13.8 Å². The molecule has 0 saturated heterocycles. The number of nitrogens with two attached hydrogens (primary N) is 1. The van der Waals surface area contributed by atoms with Crippen molar-refractivity contribution in [2.75, 3.05) is 6.54 Å². The quantitative estimate of drug-likeness (QED) is 0.780. The molecule has 0 radical (unpaired) electrons. The number of hydrogen-bond donors (Lipinski definition) is 1. The Bertz CT molecular complexity index is 811. The van der Waals surface area contributed by atoms with E-state index in [-0.39, 0.29) is 0 Å². The summed E-state index contributed by atoms with van der Waals surface area (Å²) in [6, 6.07) is 6.58. The molecule has 2 heterocycles. The van der Waals surface area contributed by atoms with E-state index in [9.17, 15) is 0 Å². The second kappa shape index (κ2) is 5.86. The van der Waals surface area contributed by atoms with Gasteiger partial charge in [-0.15, -0.1) is 11.3 Å². The minimum Gasteiger partial charge on any atom is -0.330 e. The van der Waals surface area contributed by atoms with E-state index in [1.54, 1.807) is 11.3 Å². The summed E-state index contributed by atoms with van der Waals surface area (Å²) in [6.45, 7) is 9.38. The van der Waals surface area contributed by atoms with E-state index in [0.717, 1.165) is 17.1 Å². The number of nitrogens with zero attached hydrogens (tertiary/aromatic N) is 2. The van der Waals surface area contributed by atoms with Gasteiger partial charge in [0, 0.05) is 23.1 Å². The van der Waals surface area contributed by atoms with E-state index in [4.69, 9.17) is 10.7 Å². The first-order chi connectivity index (χ1) is 10.5. The molecule has 3 aromatic rings. The summed E-state index contributed by atoms with van der Waals surface area (Å²) in [5, 5.41) is 2.22. The molecule has 116 valence electrons. The average Bonchev–Trinajstić information content (AvgIpc) is 3.02. The first-order valence-electron chi connectivity index (χ1n) is 7.79. The fraction of sp³-hybridized carbons (Fsp3) is 0.389. The molecule has 3 nitrogen and oxygen atoms in total. The van der Waals surface area contributed by atoms with Crippen LogP contribution in [0.5, 0.6) is 0 Å². The SMILES string of the molecule is Cc1ccc(-c2nc3scc(C(C)C)n3c2CCN)cc1C. The van der Waals surface area contributed by atoms with Crippen LogP contribution in [-0.4, -0.2) is 15.9 Å². The van der Waals surface area contributed by atoms with Crippen LogP contribution in [0.3, 0.4) is 0 Å². The van der Waals surface area contributed by atoms with E-state index in [1.165, 1.54) is 28.1 Å². The maximum atomic E-state index is 5.87. The summed E-state index contributed by atoms with van der Waals surface area (Å²) in [7, 11) is 0. The number of aryl methyl sites for hydroxylation is 2. The van der Waals surface area contributed by atoms with Gasteiger partial charge in [-0.25, -0.2) is 4.98 Å². The third-order valence-electron chi connectivity index (χ3n) is 4.24. The Morgan fingerprint density at radius 2 is 2.00 bits per heavy atom. The predicted molar refractivity (Wildman–Crippen MR) is 94.8 cm³/mol. The number of imidazole rings is 1. The predicted octanol–water partition coefficient (Wildman–Crippen LogP) is 4.30. The number of rotatable bonds is 4. The third kappa shape index (κ3) is 2.46. The molecule has 4 heteroatoms. The molecule has 0 spiro atoms. The van der Waals surface area contributed by atoms with Crippen LogP contribution >= 0.6 is 11.3 Å². The fourth-order valence-electron chi connectivity index (χ4n) is 2.82. The van der Waals surface area contributed by atoms with E-state index >= 15 is 0 Å². The van der Waals surface area contributed by atoms with Gasteiger partial charge in [0.05, 0.1) is 11.4 Å². The lowest BCUT2D eigenvalue weighted by Crippen LogP contribution is -2.08. The highest BCUT2D eigenvalue weighted by atomic mass is 32.1. The van der Waals surface area contributed by atoms with Gasteiger partial charge in [0.15, 0.2) is 4.96 Å². The molecule has 0 amide bonds. The summed E-state index contributed by atoms with van der Waals surface area (Å²) in [5.74, 6) is 0.479. The lowest BCUT2D eigenvalue weighted by atomic mass is 10.0. The second-order valence-corrected chi connectivity index (χ2v) is 7.01. The topological polar surface area (TPSA) is 43.3 Å². The Morgan fingerprint density at radius 1 is 1.23 bits per heavy atom. The fourth-order valence-corrected chi connectivity index (χ4v) is 3.89. The van der Waals surface area contributed by atoms with Gasteiger partial charge < -0.3 is 5.73 Å². The minimum atomic E-state index is 0.479. The number of aromatic nitrogens is 2. The van der Waals surface area contributed by atoms with Gasteiger partial charge in [-0.05, 0) is 43.5 Å². The van der Waals surface area contributed by atoms with Crippen molar-refractivity contribution < 1.29 is 0 Å². The summed E-state index contributed by atoms with van der Waals surface area (Å²) < 4.78 is 2.31. The van der Waals surface area contributed by atoms with Crippen LogP contribution in [0.2, 0.25) is 0 Å². The highest BCUT2D eigenvalue weighted by Crippen LogP contribution is 2.32. The van der Waals surface area contributed by atoms with Crippen molar-refractivity contribution in [3.63, 3.8) is 0 Å². The second-order valence-electron chi connectivity index (χ2n) is 6.18. The van der Waals surface area contributed by atoms with E-state index in [0.29, 0.717) is 12.5 Å². The van der Waals surface area contributed by atoms with Crippen molar-refractivity contribution in [3.05, 3.63) is 46.1 Å². The Hall–Kier alpha value is -1.65. The van der Waals surface area contributed by atoms with Crippen molar-refractivity contribution in [1.82, 2.24) is 9.38 Å². The average molecular weight is 313 g/mol. The highest BCUT2D eigenvalue weighted by Gasteiger charge is 2.19. The molecule has 0 aliphatic rings. The molecule has 3 rings (SSSR count). The third-order valence-corrected chi connectivity index (χ3v) is 5.08. The molecule has 0 bridgehead atoms. The number of thiazole rings is 1. The van der Waals surface area contributed by atoms with Crippen LogP contribution in [0.25, 0.3) is 16.2 Å². The Labute approximate surface area is 135 Å². The Kier molecular flexibility index (Phi) is 4.06. The van der Waals surface area contributed by atoms with Gasteiger partial charge >= 0.3 is 0 Å². The van der Waals surface area contributed by atoms with Gasteiger partial charge in [-0.3, -0.25) is 4.40 Å². The van der Waals surface area contributed by atoms with E-state index in [2.05, 4.69) is 55.7 Å². The van der Waals surface area contributed by atoms with Crippen molar-refractivity contribution >= 4 is 16.3 Å². The zero-order valence-corrected chi connectivity index (χ0v) is 14.5. The molecular formula is C18H23N3S. The van der Waals surface area contributed by atoms with Crippen LogP contribution in [0.15, 0.2) is 23.6 Å². The van der Waals surface area contributed by atoms with E-state index in [1.807, 2.05) is 0 Å². The molecule has 0 aliphatic heterocycles. The Balaban J connectivity index is 2.24. The summed E-state index contributed by atoms with van der Waals surface area (Å²) in [4.78, 5) is 5.97. The number of hydrogen-bond acceptors (Lipinski definition) is 3. The van der Waals surface area contributed by atoms with Gasteiger partial charge in [0.2, 0.25) is 0 Å². The Morgan fingerprint density at radius 3 is 2.64 bits per heavy atom. The first-order valence-corrected chi connectivity index (χ1v) is 8.67. The van der Waals surface area contributed by atoms with Crippen LogP contribution in [0.4, 0.5) is 0 Å².